The van der Waals surface area contributed by atoms with Crippen molar-refractivity contribution in [1.82, 2.24) is 10.3 Å². The van der Waals surface area contributed by atoms with Crippen LogP contribution in [0.5, 0.6) is 5.75 Å². The van der Waals surface area contributed by atoms with Crippen LogP contribution in [0.3, 0.4) is 0 Å². The summed E-state index contributed by atoms with van der Waals surface area (Å²) in [5, 5.41) is 12.1. The maximum absolute atomic E-state index is 14.3. The second-order valence-electron chi connectivity index (χ2n) is 12.8. The number of oxazole rings is 1. The van der Waals surface area contributed by atoms with Crippen molar-refractivity contribution in [3.8, 4) is 23.1 Å². The molecule has 1 aromatic heterocycles. The fraction of sp³-hybridized carbons (Fsp3) is 0.500. The van der Waals surface area contributed by atoms with Gasteiger partial charge in [-0.15, -0.1) is 0 Å². The molecule has 1 N–H and O–H groups in total. The molecular formula is C36H42N4O5. The summed E-state index contributed by atoms with van der Waals surface area (Å²) in [6, 6.07) is 16.3. The zero-order valence-corrected chi connectivity index (χ0v) is 26.2. The molecule has 0 atom stereocenters. The van der Waals surface area contributed by atoms with E-state index in [2.05, 4.69) is 23.5 Å². The molecule has 3 fully saturated rings. The van der Waals surface area contributed by atoms with Gasteiger partial charge in [-0.25, -0.2) is 9.78 Å². The number of rotatable bonds is 9. The monoisotopic (exact) mass is 610 g/mol. The Kier molecular flexibility index (Phi) is 9.39. The minimum atomic E-state index is -0.421. The molecule has 0 spiro atoms. The lowest BCUT2D eigenvalue weighted by Crippen LogP contribution is -2.42. The molecule has 0 saturated heterocycles. The third kappa shape index (κ3) is 7.16. The minimum Gasteiger partial charge on any atom is -0.495 e. The second-order valence-corrected chi connectivity index (χ2v) is 12.8. The van der Waals surface area contributed by atoms with Gasteiger partial charge in [-0.2, -0.15) is 5.26 Å². The Morgan fingerprint density at radius 3 is 2.44 bits per heavy atom. The standard InChI is InChI=1S/C36H42N4O5/c1-38-36(42)45-31-15-12-26(13-16-31)35(41)40(30-5-3-4-28(19-30)32-22-44-34(39-32)25-10-11-25)21-23-6-8-24(9-7-23)27-14-17-33(43-2)29(18-27)20-37/h3-5,14,17-19,22-26,31H,6-13,15-16,21H2,1-2H3,(H,38,42)/t23-,24-,26-,31-. The lowest BCUT2D eigenvalue weighted by molar-refractivity contribution is -0.124. The number of carbonyl (C=O) groups is 2. The number of alkyl carbamates (subject to hydrolysis) is 1. The van der Waals surface area contributed by atoms with E-state index in [4.69, 9.17) is 18.9 Å². The van der Waals surface area contributed by atoms with Crippen molar-refractivity contribution >= 4 is 17.7 Å². The van der Waals surface area contributed by atoms with Crippen LogP contribution in [0.25, 0.3) is 11.3 Å². The third-order valence-corrected chi connectivity index (χ3v) is 9.77. The first-order valence-electron chi connectivity index (χ1n) is 16.3. The van der Waals surface area contributed by atoms with Gasteiger partial charge in [-0.3, -0.25) is 4.79 Å². The van der Waals surface area contributed by atoms with Crippen LogP contribution in [-0.4, -0.2) is 43.8 Å². The van der Waals surface area contributed by atoms with Crippen LogP contribution in [0, 0.1) is 23.2 Å². The average Bonchev–Trinajstić information content (AvgIpc) is 3.82. The van der Waals surface area contributed by atoms with Gasteiger partial charge in [0, 0.05) is 36.7 Å². The van der Waals surface area contributed by atoms with Gasteiger partial charge in [-0.1, -0.05) is 18.2 Å². The quantitative estimate of drug-likeness (QED) is 0.270. The maximum Gasteiger partial charge on any atom is 0.407 e. The van der Waals surface area contributed by atoms with Crippen LogP contribution in [0.4, 0.5) is 10.5 Å². The summed E-state index contributed by atoms with van der Waals surface area (Å²) in [5.41, 5.74) is 4.38. The molecule has 0 unspecified atom stereocenters. The number of aromatic nitrogens is 1. The van der Waals surface area contributed by atoms with Gasteiger partial charge in [0.1, 0.15) is 29.9 Å². The molecule has 2 aromatic carbocycles. The van der Waals surface area contributed by atoms with Crippen molar-refractivity contribution in [2.45, 2.75) is 82.1 Å². The van der Waals surface area contributed by atoms with E-state index in [9.17, 15) is 14.9 Å². The smallest absolute Gasteiger partial charge is 0.407 e. The van der Waals surface area contributed by atoms with Gasteiger partial charge in [0.05, 0.1) is 12.7 Å². The first-order valence-corrected chi connectivity index (χ1v) is 16.3. The van der Waals surface area contributed by atoms with E-state index in [1.165, 1.54) is 5.56 Å². The summed E-state index contributed by atoms with van der Waals surface area (Å²) in [7, 11) is 3.15. The number of benzene rings is 2. The Bertz CT molecular complexity index is 1540. The number of nitrogens with zero attached hydrogens (tertiary/aromatic N) is 3. The van der Waals surface area contributed by atoms with Crippen LogP contribution in [-0.2, 0) is 9.53 Å². The molecule has 1 heterocycles. The molecule has 3 aliphatic rings. The Balaban J connectivity index is 1.18. The maximum atomic E-state index is 14.3. The number of hydrogen-bond donors (Lipinski definition) is 1. The highest BCUT2D eigenvalue weighted by atomic mass is 16.6. The number of amides is 2. The van der Waals surface area contributed by atoms with E-state index < -0.39 is 6.09 Å². The molecule has 3 aliphatic carbocycles. The first kappa shape index (κ1) is 30.7. The van der Waals surface area contributed by atoms with Crippen LogP contribution >= 0.6 is 0 Å². The molecule has 0 aliphatic heterocycles. The number of nitrogens with one attached hydrogen (secondary N) is 1. The summed E-state index contributed by atoms with van der Waals surface area (Å²) in [4.78, 5) is 32.7. The van der Waals surface area contributed by atoms with Gasteiger partial charge in [0.25, 0.3) is 0 Å². The topological polar surface area (TPSA) is 118 Å². The number of methoxy groups -OCH3 is 1. The number of anilines is 1. The van der Waals surface area contributed by atoms with Crippen molar-refractivity contribution in [2.75, 3.05) is 25.6 Å². The van der Waals surface area contributed by atoms with Gasteiger partial charge in [-0.05, 0) is 106 Å². The predicted octanol–water partition coefficient (Wildman–Crippen LogP) is 7.32. The zero-order chi connectivity index (χ0) is 31.3. The molecule has 2 amide bonds. The summed E-state index contributed by atoms with van der Waals surface area (Å²) < 4.78 is 16.6. The van der Waals surface area contributed by atoms with Crippen molar-refractivity contribution in [3.05, 3.63) is 65.7 Å². The zero-order valence-electron chi connectivity index (χ0n) is 26.2. The van der Waals surface area contributed by atoms with E-state index >= 15 is 0 Å². The SMILES string of the molecule is CNC(=O)O[C@H]1CC[C@H](C(=O)N(C[C@H]2CC[C@H](c3ccc(OC)c(C#N)c3)CC2)c2cccc(-c3coc(C4CC4)n3)c2)CC1. The van der Waals surface area contributed by atoms with Crippen LogP contribution in [0.2, 0.25) is 0 Å². The fourth-order valence-electron chi connectivity index (χ4n) is 6.96. The Labute approximate surface area is 264 Å². The highest BCUT2D eigenvalue weighted by Crippen LogP contribution is 2.41. The molecule has 3 aromatic rings. The number of carbonyl (C=O) groups excluding carboxylic acids is 2. The Hall–Kier alpha value is -4.32. The lowest BCUT2D eigenvalue weighted by Gasteiger charge is -2.36. The van der Waals surface area contributed by atoms with Crippen LogP contribution < -0.4 is 15.0 Å². The molecule has 6 rings (SSSR count). The third-order valence-electron chi connectivity index (χ3n) is 9.77. The Morgan fingerprint density at radius 1 is 1.00 bits per heavy atom. The van der Waals surface area contributed by atoms with Gasteiger partial charge in [0.15, 0.2) is 5.89 Å². The van der Waals surface area contributed by atoms with E-state index in [-0.39, 0.29) is 17.9 Å². The first-order chi connectivity index (χ1) is 21.9. The fourth-order valence-corrected chi connectivity index (χ4v) is 6.96. The molecule has 9 nitrogen and oxygen atoms in total. The summed E-state index contributed by atoms with van der Waals surface area (Å²) >= 11 is 0. The van der Waals surface area contributed by atoms with Crippen molar-refractivity contribution in [1.29, 1.82) is 5.26 Å². The van der Waals surface area contributed by atoms with Crippen molar-refractivity contribution in [2.24, 2.45) is 11.8 Å². The normalized spacial score (nSPS) is 23.0. The molecule has 0 bridgehead atoms. The molecule has 0 radical (unpaired) electrons. The molecule has 9 heteroatoms. The summed E-state index contributed by atoms with van der Waals surface area (Å²) in [5.74, 6) is 2.61. The van der Waals surface area contributed by atoms with Crippen LogP contribution in [0.1, 0.15) is 93.1 Å². The van der Waals surface area contributed by atoms with Gasteiger partial charge < -0.3 is 24.1 Å². The van der Waals surface area contributed by atoms with Crippen molar-refractivity contribution in [3.63, 3.8) is 0 Å². The minimum absolute atomic E-state index is 0.119. The number of hydrogen-bond acceptors (Lipinski definition) is 7. The summed E-state index contributed by atoms with van der Waals surface area (Å²) in [6.07, 6.45) is 10.2. The van der Waals surface area contributed by atoms with Gasteiger partial charge in [0.2, 0.25) is 5.91 Å². The summed E-state index contributed by atoms with van der Waals surface area (Å²) in [6.45, 7) is 0.655. The van der Waals surface area contributed by atoms with Crippen LogP contribution in [0.15, 0.2) is 53.1 Å². The van der Waals surface area contributed by atoms with E-state index in [1.807, 2.05) is 35.2 Å². The molecule has 236 valence electrons. The Morgan fingerprint density at radius 2 is 1.76 bits per heavy atom. The van der Waals surface area contributed by atoms with E-state index in [1.54, 1.807) is 20.4 Å². The number of ether oxygens (including phenoxy) is 2. The van der Waals surface area contributed by atoms with Gasteiger partial charge >= 0.3 is 6.09 Å². The largest absolute Gasteiger partial charge is 0.495 e. The molecular weight excluding hydrogens is 568 g/mol. The molecule has 45 heavy (non-hydrogen) atoms. The second kappa shape index (κ2) is 13.8. The highest BCUT2D eigenvalue weighted by molar-refractivity contribution is 5.95. The highest BCUT2D eigenvalue weighted by Gasteiger charge is 2.34. The van der Waals surface area contributed by atoms with E-state index in [0.29, 0.717) is 61.3 Å². The average molecular weight is 611 g/mol. The molecule has 3 saturated carbocycles. The van der Waals surface area contributed by atoms with E-state index in [0.717, 1.165) is 61.4 Å². The lowest BCUT2D eigenvalue weighted by atomic mass is 9.78. The van der Waals surface area contributed by atoms with Crippen molar-refractivity contribution < 1.29 is 23.5 Å². The predicted molar refractivity (Wildman–Crippen MR) is 170 cm³/mol. The number of nitriles is 1.